The van der Waals surface area contributed by atoms with E-state index in [-0.39, 0.29) is 0 Å². The second kappa shape index (κ2) is 4.21. The number of rotatable bonds is 3. The summed E-state index contributed by atoms with van der Waals surface area (Å²) in [6.07, 6.45) is 0. The van der Waals surface area contributed by atoms with E-state index in [1.54, 1.807) is 0 Å². The summed E-state index contributed by atoms with van der Waals surface area (Å²) >= 11 is 5.94. The van der Waals surface area contributed by atoms with Gasteiger partial charge in [0.15, 0.2) is 0 Å². The van der Waals surface area contributed by atoms with Crippen LogP contribution in [-0.4, -0.2) is 16.6 Å². The van der Waals surface area contributed by atoms with Crippen molar-refractivity contribution in [3.8, 4) is 0 Å². The van der Waals surface area contributed by atoms with Crippen LogP contribution in [0.25, 0.3) is 11.0 Å². The van der Waals surface area contributed by atoms with Crippen molar-refractivity contribution in [2.45, 2.75) is 20.0 Å². The van der Waals surface area contributed by atoms with E-state index in [0.29, 0.717) is 0 Å². The van der Waals surface area contributed by atoms with E-state index >= 15 is 0 Å². The molecule has 1 aromatic carbocycles. The lowest BCUT2D eigenvalue weighted by atomic mass is 10.3. The number of hydrogen-bond donors (Lipinski definition) is 1. The summed E-state index contributed by atoms with van der Waals surface area (Å²) in [5.74, 6) is 1.05. The number of aromatic nitrogens is 2. The van der Waals surface area contributed by atoms with E-state index in [9.17, 15) is 0 Å². The van der Waals surface area contributed by atoms with Gasteiger partial charge in [0, 0.05) is 11.6 Å². The number of fused-ring (bicyclic) bond motifs is 1. The van der Waals surface area contributed by atoms with Crippen LogP contribution in [0.2, 0.25) is 5.02 Å². The third-order valence-electron chi connectivity index (χ3n) is 2.44. The Labute approximate surface area is 94.1 Å². The average molecular weight is 224 g/mol. The van der Waals surface area contributed by atoms with Gasteiger partial charge in [0.25, 0.3) is 0 Å². The first-order valence-corrected chi connectivity index (χ1v) is 5.43. The summed E-state index contributed by atoms with van der Waals surface area (Å²) in [5, 5.41) is 3.85. The van der Waals surface area contributed by atoms with E-state index in [0.717, 1.165) is 35.0 Å². The van der Waals surface area contributed by atoms with Crippen LogP contribution in [0, 0.1) is 0 Å². The minimum absolute atomic E-state index is 0.735. The molecule has 2 aromatic rings. The third kappa shape index (κ3) is 1.85. The molecule has 1 aromatic heterocycles. The Balaban J connectivity index is 2.62. The molecule has 0 saturated heterocycles. The van der Waals surface area contributed by atoms with Gasteiger partial charge in [-0.3, -0.25) is 0 Å². The largest absolute Gasteiger partial charge is 0.327 e. The van der Waals surface area contributed by atoms with Crippen LogP contribution < -0.4 is 5.32 Å². The number of hydrogen-bond acceptors (Lipinski definition) is 2. The number of halogens is 1. The van der Waals surface area contributed by atoms with Crippen molar-refractivity contribution in [3.05, 3.63) is 29.0 Å². The van der Waals surface area contributed by atoms with E-state index in [4.69, 9.17) is 11.6 Å². The van der Waals surface area contributed by atoms with Gasteiger partial charge in [0.05, 0.1) is 17.6 Å². The maximum absolute atomic E-state index is 5.94. The van der Waals surface area contributed by atoms with Gasteiger partial charge in [-0.15, -0.1) is 0 Å². The molecule has 1 heterocycles. The Hall–Kier alpha value is -1.06. The molecule has 0 radical (unpaired) electrons. The van der Waals surface area contributed by atoms with Gasteiger partial charge < -0.3 is 9.88 Å². The van der Waals surface area contributed by atoms with Gasteiger partial charge in [-0.25, -0.2) is 4.98 Å². The standard InChI is InChI=1S/C11H14ClN3/c1-3-15-10-5-4-8(12)6-9(10)14-11(15)7-13-2/h4-6,13H,3,7H2,1-2H3. The van der Waals surface area contributed by atoms with Gasteiger partial charge in [-0.2, -0.15) is 0 Å². The molecule has 0 spiro atoms. The smallest absolute Gasteiger partial charge is 0.123 e. The Morgan fingerprint density at radius 3 is 2.93 bits per heavy atom. The van der Waals surface area contributed by atoms with Crippen LogP contribution in [0.5, 0.6) is 0 Å². The van der Waals surface area contributed by atoms with Crippen molar-refractivity contribution < 1.29 is 0 Å². The summed E-state index contributed by atoms with van der Waals surface area (Å²) in [6, 6.07) is 5.83. The zero-order chi connectivity index (χ0) is 10.8. The summed E-state index contributed by atoms with van der Waals surface area (Å²) < 4.78 is 2.20. The molecule has 3 nitrogen and oxygen atoms in total. The van der Waals surface area contributed by atoms with Gasteiger partial charge in [-0.05, 0) is 32.2 Å². The monoisotopic (exact) mass is 223 g/mol. The first-order valence-electron chi connectivity index (χ1n) is 5.05. The van der Waals surface area contributed by atoms with Crippen LogP contribution in [0.3, 0.4) is 0 Å². The van der Waals surface area contributed by atoms with Crippen molar-refractivity contribution in [2.75, 3.05) is 7.05 Å². The highest BCUT2D eigenvalue weighted by Gasteiger charge is 2.08. The highest BCUT2D eigenvalue weighted by molar-refractivity contribution is 6.31. The van der Waals surface area contributed by atoms with Gasteiger partial charge in [0.1, 0.15) is 5.82 Å². The maximum Gasteiger partial charge on any atom is 0.123 e. The average Bonchev–Trinajstić information content (AvgIpc) is 2.54. The topological polar surface area (TPSA) is 29.9 Å². The fraction of sp³-hybridized carbons (Fsp3) is 0.364. The molecule has 80 valence electrons. The van der Waals surface area contributed by atoms with Crippen molar-refractivity contribution in [3.63, 3.8) is 0 Å². The van der Waals surface area contributed by atoms with Crippen LogP contribution >= 0.6 is 11.6 Å². The molecule has 0 saturated carbocycles. The fourth-order valence-corrected chi connectivity index (χ4v) is 1.97. The second-order valence-corrected chi connectivity index (χ2v) is 3.87. The second-order valence-electron chi connectivity index (χ2n) is 3.44. The van der Waals surface area contributed by atoms with Crippen LogP contribution in [-0.2, 0) is 13.1 Å². The molecule has 0 aliphatic heterocycles. The Morgan fingerprint density at radius 1 is 1.47 bits per heavy atom. The van der Waals surface area contributed by atoms with Gasteiger partial charge in [-0.1, -0.05) is 11.6 Å². The van der Waals surface area contributed by atoms with Crippen molar-refractivity contribution in [1.29, 1.82) is 0 Å². The summed E-state index contributed by atoms with van der Waals surface area (Å²) in [7, 11) is 1.92. The van der Waals surface area contributed by atoms with Crippen molar-refractivity contribution >= 4 is 22.6 Å². The molecule has 4 heteroatoms. The molecule has 0 atom stereocenters. The quantitative estimate of drug-likeness (QED) is 0.866. The zero-order valence-corrected chi connectivity index (χ0v) is 9.67. The summed E-state index contributed by atoms with van der Waals surface area (Å²) in [5.41, 5.74) is 2.11. The molecule has 0 bridgehead atoms. The predicted octanol–water partition coefficient (Wildman–Crippen LogP) is 2.43. The molecule has 1 N–H and O–H groups in total. The number of nitrogens with zero attached hydrogens (tertiary/aromatic N) is 2. The highest BCUT2D eigenvalue weighted by Crippen LogP contribution is 2.20. The molecule has 2 rings (SSSR count). The van der Waals surface area contributed by atoms with Crippen molar-refractivity contribution in [2.24, 2.45) is 0 Å². The maximum atomic E-state index is 5.94. The molecular weight excluding hydrogens is 210 g/mol. The molecule has 0 fully saturated rings. The van der Waals surface area contributed by atoms with Crippen molar-refractivity contribution in [1.82, 2.24) is 14.9 Å². The third-order valence-corrected chi connectivity index (χ3v) is 2.68. The van der Waals surface area contributed by atoms with E-state index in [1.165, 1.54) is 0 Å². The molecule has 0 amide bonds. The Morgan fingerprint density at radius 2 is 2.27 bits per heavy atom. The SMILES string of the molecule is CCn1c(CNC)nc2cc(Cl)ccc21. The Kier molecular flexibility index (Phi) is 2.93. The first-order chi connectivity index (χ1) is 7.26. The molecular formula is C11H14ClN3. The number of imidazole rings is 1. The fourth-order valence-electron chi connectivity index (χ4n) is 1.80. The summed E-state index contributed by atoms with van der Waals surface area (Å²) in [6.45, 7) is 3.82. The number of benzene rings is 1. The van der Waals surface area contributed by atoms with Crippen LogP contribution in [0.1, 0.15) is 12.7 Å². The normalized spacial score (nSPS) is 11.1. The van der Waals surface area contributed by atoms with Gasteiger partial charge >= 0.3 is 0 Å². The lowest BCUT2D eigenvalue weighted by molar-refractivity contribution is 0.670. The lowest BCUT2D eigenvalue weighted by Crippen LogP contribution is -2.11. The first kappa shape index (κ1) is 10.5. The molecule has 0 aliphatic rings. The molecule has 0 unspecified atom stereocenters. The van der Waals surface area contributed by atoms with Crippen LogP contribution in [0.4, 0.5) is 0 Å². The number of aryl methyl sites for hydroxylation is 1. The van der Waals surface area contributed by atoms with E-state index < -0.39 is 0 Å². The highest BCUT2D eigenvalue weighted by atomic mass is 35.5. The summed E-state index contributed by atoms with van der Waals surface area (Å²) in [4.78, 5) is 4.55. The predicted molar refractivity (Wildman–Crippen MR) is 63.2 cm³/mol. The Bertz CT molecular complexity index is 476. The van der Waals surface area contributed by atoms with E-state index in [2.05, 4.69) is 21.8 Å². The molecule has 0 aliphatic carbocycles. The van der Waals surface area contributed by atoms with Crippen LogP contribution in [0.15, 0.2) is 18.2 Å². The zero-order valence-electron chi connectivity index (χ0n) is 8.92. The minimum Gasteiger partial charge on any atom is -0.327 e. The minimum atomic E-state index is 0.735. The lowest BCUT2D eigenvalue weighted by Gasteiger charge is -2.04. The number of nitrogens with one attached hydrogen (secondary N) is 1. The molecule has 15 heavy (non-hydrogen) atoms. The van der Waals surface area contributed by atoms with E-state index in [1.807, 2.05) is 25.2 Å². The van der Waals surface area contributed by atoms with Gasteiger partial charge in [0.2, 0.25) is 0 Å².